The third-order valence-electron chi connectivity index (χ3n) is 3.58. The minimum atomic E-state index is -4.60. The molecule has 0 unspecified atom stereocenters. The summed E-state index contributed by atoms with van der Waals surface area (Å²) in [5.41, 5.74) is 10.9. The van der Waals surface area contributed by atoms with Crippen LogP contribution in [0.4, 0.5) is 19.0 Å². The standard InChI is InChI=1S/C16H13Cl2F3N4Si.C5H10Si/c1-26(2,3)5-4-10-13(8-22)24-25(15(10)23)14-11(17)6-9(7-12(14)18)16(19,20)21;1-5-6(2,3)4/h6-7H,23H2,1-3H3;1H,2-4H3. The fraction of sp³-hybridized carbons (Fsp3) is 0.333. The maximum absolute atomic E-state index is 12.9. The molecule has 0 atom stereocenters. The quantitative estimate of drug-likeness (QED) is 0.354. The van der Waals surface area contributed by atoms with Gasteiger partial charge in [-0.15, -0.1) is 17.5 Å². The molecule has 0 radical (unpaired) electrons. The molecule has 2 rings (SSSR count). The molecule has 0 saturated carbocycles. The van der Waals surface area contributed by atoms with Crippen molar-refractivity contribution in [1.82, 2.24) is 9.78 Å². The first kappa shape index (κ1) is 27.7. The Labute approximate surface area is 198 Å². The van der Waals surface area contributed by atoms with E-state index in [0.717, 1.165) is 16.8 Å². The maximum atomic E-state index is 12.9. The van der Waals surface area contributed by atoms with E-state index in [-0.39, 0.29) is 32.8 Å². The topological polar surface area (TPSA) is 67.6 Å². The van der Waals surface area contributed by atoms with Crippen molar-refractivity contribution < 1.29 is 13.2 Å². The minimum Gasteiger partial charge on any atom is -0.383 e. The third-order valence-corrected chi connectivity index (χ3v) is 5.90. The third kappa shape index (κ3) is 7.65. The number of terminal acetylenes is 1. The van der Waals surface area contributed by atoms with Gasteiger partial charge in [-0.1, -0.05) is 68.4 Å². The summed E-state index contributed by atoms with van der Waals surface area (Å²) in [6.07, 6.45) is 0.513. The average Bonchev–Trinajstić information content (AvgIpc) is 2.93. The molecule has 0 bridgehead atoms. The van der Waals surface area contributed by atoms with E-state index in [1.807, 2.05) is 25.7 Å². The van der Waals surface area contributed by atoms with Gasteiger partial charge in [-0.3, -0.25) is 0 Å². The molecule has 0 aliphatic rings. The number of nitrogens with zero attached hydrogens (tertiary/aromatic N) is 3. The highest BCUT2D eigenvalue weighted by atomic mass is 35.5. The predicted octanol–water partition coefficient (Wildman–Crippen LogP) is 6.38. The summed E-state index contributed by atoms with van der Waals surface area (Å²) in [6.45, 7) is 12.5. The lowest BCUT2D eigenvalue weighted by Crippen LogP contribution is -2.16. The molecule has 32 heavy (non-hydrogen) atoms. The van der Waals surface area contributed by atoms with Crippen LogP contribution in [0.3, 0.4) is 0 Å². The Kier molecular flexibility index (Phi) is 8.70. The Morgan fingerprint density at radius 2 is 1.53 bits per heavy atom. The largest absolute Gasteiger partial charge is 0.416 e. The Hall–Kier alpha value is -2.36. The summed E-state index contributed by atoms with van der Waals surface area (Å²) < 4.78 is 39.7. The van der Waals surface area contributed by atoms with Crippen molar-refractivity contribution in [3.8, 4) is 35.2 Å². The predicted molar refractivity (Wildman–Crippen MR) is 130 cm³/mol. The van der Waals surface area contributed by atoms with Gasteiger partial charge in [-0.2, -0.15) is 23.5 Å². The number of anilines is 1. The first-order chi connectivity index (χ1) is 14.4. The lowest BCUT2D eigenvalue weighted by Gasteiger charge is -2.13. The lowest BCUT2D eigenvalue weighted by atomic mass is 10.2. The number of rotatable bonds is 1. The van der Waals surface area contributed by atoms with E-state index >= 15 is 0 Å². The lowest BCUT2D eigenvalue weighted by molar-refractivity contribution is -0.137. The van der Waals surface area contributed by atoms with Crippen LogP contribution in [0, 0.1) is 34.8 Å². The van der Waals surface area contributed by atoms with E-state index in [9.17, 15) is 18.4 Å². The van der Waals surface area contributed by atoms with E-state index < -0.39 is 27.9 Å². The number of nitrogens with two attached hydrogens (primary N) is 1. The normalized spacial score (nSPS) is 11.4. The SMILES string of the molecule is C#C[Si](C)(C)C.C[Si](C)(C)C#Cc1c(C#N)nn(-c2c(Cl)cc(C(F)(F)F)cc2Cl)c1N. The van der Waals surface area contributed by atoms with Crippen LogP contribution < -0.4 is 5.73 Å². The van der Waals surface area contributed by atoms with E-state index in [1.54, 1.807) is 0 Å². The molecule has 2 N–H and O–H groups in total. The molecule has 1 aromatic heterocycles. The number of nitrogen functional groups attached to an aromatic ring is 1. The number of hydrogen-bond donors (Lipinski definition) is 1. The first-order valence-electron chi connectivity index (χ1n) is 9.27. The molecule has 0 saturated heterocycles. The molecule has 0 amide bonds. The minimum absolute atomic E-state index is 0.0177. The average molecular weight is 516 g/mol. The van der Waals surface area contributed by atoms with E-state index in [4.69, 9.17) is 35.4 Å². The number of aromatic nitrogens is 2. The summed E-state index contributed by atoms with van der Waals surface area (Å²) in [5, 5.41) is 12.7. The van der Waals surface area contributed by atoms with Crippen LogP contribution in [-0.4, -0.2) is 25.9 Å². The highest BCUT2D eigenvalue weighted by Gasteiger charge is 2.32. The summed E-state index contributed by atoms with van der Waals surface area (Å²) in [4.78, 5) is 0. The Morgan fingerprint density at radius 1 is 1.06 bits per heavy atom. The van der Waals surface area contributed by atoms with Gasteiger partial charge in [0.05, 0.1) is 15.6 Å². The van der Waals surface area contributed by atoms with Gasteiger partial charge < -0.3 is 5.73 Å². The summed E-state index contributed by atoms with van der Waals surface area (Å²) in [5.74, 6) is 2.83. The molecule has 1 aromatic carbocycles. The fourth-order valence-corrected chi connectivity index (χ4v) is 3.13. The number of benzene rings is 1. The van der Waals surface area contributed by atoms with Crippen molar-refractivity contribution in [2.24, 2.45) is 0 Å². The molecule has 0 fully saturated rings. The zero-order valence-corrected chi connectivity index (χ0v) is 22.1. The van der Waals surface area contributed by atoms with Gasteiger partial charge in [0.25, 0.3) is 0 Å². The number of halogens is 5. The van der Waals surface area contributed by atoms with Gasteiger partial charge >= 0.3 is 6.18 Å². The van der Waals surface area contributed by atoms with Gasteiger partial charge in [-0.25, -0.2) is 4.68 Å². The maximum Gasteiger partial charge on any atom is 0.416 e. The molecular weight excluding hydrogens is 492 g/mol. The van der Waals surface area contributed by atoms with Crippen LogP contribution in [0.15, 0.2) is 12.1 Å². The van der Waals surface area contributed by atoms with Crippen LogP contribution >= 0.6 is 23.2 Å². The molecule has 4 nitrogen and oxygen atoms in total. The molecule has 0 aliphatic carbocycles. The Bertz CT molecular complexity index is 1130. The smallest absolute Gasteiger partial charge is 0.383 e. The Morgan fingerprint density at radius 3 is 1.88 bits per heavy atom. The van der Waals surface area contributed by atoms with Crippen molar-refractivity contribution in [3.63, 3.8) is 0 Å². The summed E-state index contributed by atoms with van der Waals surface area (Å²) in [7, 11) is -2.86. The van der Waals surface area contributed by atoms with Gasteiger partial charge in [-0.05, 0) is 12.1 Å². The summed E-state index contributed by atoms with van der Waals surface area (Å²) in [6, 6.07) is 3.32. The van der Waals surface area contributed by atoms with Crippen molar-refractivity contribution in [2.75, 3.05) is 5.73 Å². The van der Waals surface area contributed by atoms with Crippen LogP contribution in [0.2, 0.25) is 49.3 Å². The van der Waals surface area contributed by atoms with Crippen LogP contribution in [0.25, 0.3) is 5.69 Å². The zero-order chi connectivity index (χ0) is 25.1. The molecule has 2 aromatic rings. The molecule has 0 spiro atoms. The second kappa shape index (κ2) is 10.1. The van der Waals surface area contributed by atoms with Crippen LogP contribution in [0.1, 0.15) is 16.8 Å². The van der Waals surface area contributed by atoms with Crippen molar-refractivity contribution in [1.29, 1.82) is 5.26 Å². The molecule has 11 heteroatoms. The van der Waals surface area contributed by atoms with Crippen LogP contribution in [0.5, 0.6) is 0 Å². The molecule has 1 heterocycles. The van der Waals surface area contributed by atoms with Gasteiger partial charge in [0, 0.05) is 0 Å². The molecule has 0 aliphatic heterocycles. The van der Waals surface area contributed by atoms with Gasteiger partial charge in [0.1, 0.15) is 39.3 Å². The molecule has 170 valence electrons. The van der Waals surface area contributed by atoms with Crippen molar-refractivity contribution >= 4 is 45.2 Å². The van der Waals surface area contributed by atoms with Gasteiger partial charge in [0.2, 0.25) is 0 Å². The van der Waals surface area contributed by atoms with E-state index in [1.165, 1.54) is 0 Å². The zero-order valence-electron chi connectivity index (χ0n) is 18.5. The highest BCUT2D eigenvalue weighted by Crippen LogP contribution is 2.38. The molecular formula is C21H23Cl2F3N4Si2. The second-order valence-corrected chi connectivity index (χ2v) is 19.2. The van der Waals surface area contributed by atoms with Crippen LogP contribution in [-0.2, 0) is 6.18 Å². The number of nitriles is 1. The van der Waals surface area contributed by atoms with Gasteiger partial charge in [0.15, 0.2) is 5.69 Å². The monoisotopic (exact) mass is 514 g/mol. The first-order valence-corrected chi connectivity index (χ1v) is 17.0. The second-order valence-electron chi connectivity index (χ2n) is 8.81. The fourth-order valence-electron chi connectivity index (χ4n) is 1.98. The number of hydrogen-bond acceptors (Lipinski definition) is 3. The summed E-state index contributed by atoms with van der Waals surface area (Å²) >= 11 is 12.0. The van der Waals surface area contributed by atoms with E-state index in [0.29, 0.717) is 0 Å². The van der Waals surface area contributed by atoms with E-state index in [2.05, 4.69) is 41.7 Å². The van der Waals surface area contributed by atoms with Crippen molar-refractivity contribution in [3.05, 3.63) is 39.0 Å². The van der Waals surface area contributed by atoms with Crippen molar-refractivity contribution in [2.45, 2.75) is 45.5 Å². The highest BCUT2D eigenvalue weighted by molar-refractivity contribution is 6.84. The Balaban J connectivity index is 0.000000751. The number of alkyl halides is 3.